The molecule has 172 valence electrons. The Kier molecular flexibility index (Phi) is 7.82. The van der Waals surface area contributed by atoms with Gasteiger partial charge in [-0.1, -0.05) is 24.5 Å². The lowest BCUT2D eigenvalue weighted by molar-refractivity contribution is -0.118. The smallest absolute Gasteiger partial charge is 0.407 e. The van der Waals surface area contributed by atoms with Gasteiger partial charge in [0.1, 0.15) is 23.4 Å². The number of carbonyl (C=O) groups excluding carboxylic acids is 1. The van der Waals surface area contributed by atoms with Gasteiger partial charge in [-0.05, 0) is 52.9 Å². The lowest BCUT2D eigenvalue weighted by atomic mass is 9.68. The summed E-state index contributed by atoms with van der Waals surface area (Å²) in [6.45, 7) is 7.86. The number of nitrogens with one attached hydrogen (secondary N) is 1. The van der Waals surface area contributed by atoms with E-state index in [9.17, 15) is 4.79 Å². The number of amides is 1. The fourth-order valence-corrected chi connectivity index (χ4v) is 5.03. The molecule has 0 bridgehead atoms. The zero-order valence-electron chi connectivity index (χ0n) is 18.9. The minimum atomic E-state index is -0.390. The number of allylic oxidation sites excluding steroid dienone is 1. The number of carbonyl (C=O) groups is 1. The topological polar surface area (TPSA) is 92.9 Å². The summed E-state index contributed by atoms with van der Waals surface area (Å²) >= 11 is 0. The van der Waals surface area contributed by atoms with E-state index in [1.54, 1.807) is 7.11 Å². The lowest BCUT2D eigenvalue weighted by Crippen LogP contribution is -2.56. The van der Waals surface area contributed by atoms with Crippen molar-refractivity contribution >= 4 is 6.09 Å². The van der Waals surface area contributed by atoms with Crippen LogP contribution in [0.3, 0.4) is 0 Å². The van der Waals surface area contributed by atoms with Crippen LogP contribution < -0.4 is 5.32 Å². The van der Waals surface area contributed by atoms with Crippen LogP contribution in [-0.4, -0.2) is 67.6 Å². The van der Waals surface area contributed by atoms with E-state index in [0.29, 0.717) is 6.54 Å². The predicted octanol–water partition coefficient (Wildman–Crippen LogP) is 3.34. The molecule has 30 heavy (non-hydrogen) atoms. The van der Waals surface area contributed by atoms with Crippen molar-refractivity contribution in [2.45, 2.75) is 95.2 Å². The van der Waals surface area contributed by atoms with Gasteiger partial charge in [0, 0.05) is 20.3 Å². The van der Waals surface area contributed by atoms with Crippen LogP contribution in [0.4, 0.5) is 4.79 Å². The number of aliphatic hydroxyl groups is 1. The summed E-state index contributed by atoms with van der Waals surface area (Å²) in [7, 11) is 1.69. The minimum Gasteiger partial charge on any atom is -0.443 e. The molecular formula is C23H39NO6. The molecule has 5 unspecified atom stereocenters. The van der Waals surface area contributed by atoms with Crippen LogP contribution in [-0.2, 0) is 18.9 Å². The molecule has 2 aliphatic heterocycles. The predicted molar refractivity (Wildman–Crippen MR) is 113 cm³/mol. The number of hydrogen-bond acceptors (Lipinski definition) is 6. The van der Waals surface area contributed by atoms with Crippen molar-refractivity contribution < 1.29 is 28.8 Å². The number of methoxy groups -OCH3 is 1. The van der Waals surface area contributed by atoms with Crippen LogP contribution in [0.1, 0.15) is 65.7 Å². The second-order valence-electron chi connectivity index (χ2n) is 9.39. The number of aliphatic hydroxyl groups excluding tert-OH is 1. The number of epoxide rings is 2. The van der Waals surface area contributed by atoms with E-state index < -0.39 is 6.09 Å². The summed E-state index contributed by atoms with van der Waals surface area (Å²) in [5.41, 5.74) is 0.749. The van der Waals surface area contributed by atoms with Crippen LogP contribution in [0.25, 0.3) is 0 Å². The van der Waals surface area contributed by atoms with E-state index in [1.807, 2.05) is 0 Å². The molecule has 7 heteroatoms. The average molecular weight is 426 g/mol. The third-order valence-electron chi connectivity index (χ3n) is 6.85. The van der Waals surface area contributed by atoms with Crippen molar-refractivity contribution in [1.82, 2.24) is 5.32 Å². The average Bonchev–Trinajstić information content (AvgIpc) is 3.62. The Labute approximate surface area is 180 Å². The van der Waals surface area contributed by atoms with E-state index in [0.717, 1.165) is 51.6 Å². The van der Waals surface area contributed by atoms with E-state index >= 15 is 0 Å². The molecule has 3 fully saturated rings. The van der Waals surface area contributed by atoms with Crippen LogP contribution >= 0.6 is 0 Å². The Hall–Kier alpha value is -1.15. The molecule has 0 aromatic carbocycles. The number of alkyl carbamates (subject to hydrolysis) is 1. The van der Waals surface area contributed by atoms with Gasteiger partial charge in [0.25, 0.3) is 0 Å². The number of rotatable bonds is 11. The summed E-state index contributed by atoms with van der Waals surface area (Å²) in [5, 5.41) is 11.7. The van der Waals surface area contributed by atoms with Crippen molar-refractivity contribution in [3.63, 3.8) is 0 Å². The van der Waals surface area contributed by atoms with Gasteiger partial charge in [0.05, 0.1) is 18.6 Å². The molecule has 0 radical (unpaired) electrons. The second-order valence-corrected chi connectivity index (χ2v) is 9.39. The highest BCUT2D eigenvalue weighted by atomic mass is 16.6. The number of hydrogen-bond donors (Lipinski definition) is 2. The van der Waals surface area contributed by atoms with Crippen molar-refractivity contribution in [2.24, 2.45) is 5.92 Å². The molecule has 2 N–H and O–H groups in total. The van der Waals surface area contributed by atoms with Crippen molar-refractivity contribution in [1.29, 1.82) is 0 Å². The first-order valence-corrected chi connectivity index (χ1v) is 11.4. The lowest BCUT2D eigenvalue weighted by Gasteiger charge is -2.42. The normalized spacial score (nSPS) is 37.0. The van der Waals surface area contributed by atoms with Crippen molar-refractivity contribution in [3.05, 3.63) is 11.6 Å². The van der Waals surface area contributed by atoms with Gasteiger partial charge in [0.15, 0.2) is 0 Å². The summed E-state index contributed by atoms with van der Waals surface area (Å²) in [4.78, 5) is 12.4. The highest BCUT2D eigenvalue weighted by Crippen LogP contribution is 2.59. The van der Waals surface area contributed by atoms with Gasteiger partial charge < -0.3 is 29.4 Å². The van der Waals surface area contributed by atoms with E-state index in [4.69, 9.17) is 24.1 Å². The molecule has 1 spiro atoms. The van der Waals surface area contributed by atoms with E-state index in [1.165, 1.54) is 5.57 Å². The summed E-state index contributed by atoms with van der Waals surface area (Å²) in [6.07, 6.45) is 7.50. The largest absolute Gasteiger partial charge is 0.443 e. The SMILES string of the molecule is COC1C(OC(=O)NCCCCCCO)CC[C@]2(CO2)C1C1(C)OC1CC=C(C)C. The van der Waals surface area contributed by atoms with Crippen LogP contribution in [0.15, 0.2) is 11.6 Å². The fraction of sp³-hybridized carbons (Fsp3) is 0.870. The van der Waals surface area contributed by atoms with Gasteiger partial charge in [-0.3, -0.25) is 0 Å². The molecule has 1 aliphatic carbocycles. The Morgan fingerprint density at radius 3 is 2.63 bits per heavy atom. The Balaban J connectivity index is 1.56. The van der Waals surface area contributed by atoms with Crippen LogP contribution in [0, 0.1) is 5.92 Å². The van der Waals surface area contributed by atoms with Gasteiger partial charge in [0.2, 0.25) is 0 Å². The Morgan fingerprint density at radius 1 is 1.27 bits per heavy atom. The molecule has 0 aromatic rings. The molecule has 3 rings (SSSR count). The summed E-state index contributed by atoms with van der Waals surface area (Å²) in [5.74, 6) is 0.0376. The van der Waals surface area contributed by atoms with Crippen molar-refractivity contribution in [2.75, 3.05) is 26.9 Å². The maximum Gasteiger partial charge on any atom is 0.407 e. The van der Waals surface area contributed by atoms with E-state index in [-0.39, 0.29) is 42.0 Å². The maximum absolute atomic E-state index is 12.4. The molecular weight excluding hydrogens is 386 g/mol. The van der Waals surface area contributed by atoms with Gasteiger partial charge in [-0.15, -0.1) is 0 Å². The fourth-order valence-electron chi connectivity index (χ4n) is 5.03. The monoisotopic (exact) mass is 425 g/mol. The highest BCUT2D eigenvalue weighted by molar-refractivity contribution is 5.67. The molecule has 2 heterocycles. The molecule has 2 saturated heterocycles. The summed E-state index contributed by atoms with van der Waals surface area (Å²) < 4.78 is 23.8. The van der Waals surface area contributed by atoms with Crippen LogP contribution in [0.2, 0.25) is 0 Å². The van der Waals surface area contributed by atoms with Gasteiger partial charge in [-0.25, -0.2) is 4.79 Å². The first-order valence-electron chi connectivity index (χ1n) is 11.4. The zero-order chi connectivity index (χ0) is 21.8. The highest BCUT2D eigenvalue weighted by Gasteiger charge is 2.72. The third-order valence-corrected chi connectivity index (χ3v) is 6.85. The summed E-state index contributed by atoms with van der Waals surface area (Å²) in [6, 6.07) is 0. The van der Waals surface area contributed by atoms with E-state index in [2.05, 4.69) is 32.2 Å². The van der Waals surface area contributed by atoms with Crippen LogP contribution in [0.5, 0.6) is 0 Å². The number of unbranched alkanes of at least 4 members (excludes halogenated alkanes) is 3. The Morgan fingerprint density at radius 2 is 2.00 bits per heavy atom. The molecule has 3 aliphatic rings. The third kappa shape index (κ3) is 5.36. The standard InChI is InChI=1S/C23H39NO6/c1-16(2)9-10-18-22(3,30-18)20-19(27-4)17(11-12-23(20)15-28-23)29-21(26)24-13-7-5-6-8-14-25/h9,17-20,25H,5-8,10-15H2,1-4H3,(H,24,26)/t17?,18?,19?,20?,22?,23-/m0/s1. The second kappa shape index (κ2) is 9.98. The molecule has 1 amide bonds. The molecule has 1 saturated carbocycles. The Bertz CT molecular complexity index is 615. The molecule has 7 nitrogen and oxygen atoms in total. The molecule has 6 atom stereocenters. The first kappa shape index (κ1) is 23.5. The van der Waals surface area contributed by atoms with Gasteiger partial charge >= 0.3 is 6.09 Å². The van der Waals surface area contributed by atoms with Gasteiger partial charge in [-0.2, -0.15) is 0 Å². The quantitative estimate of drug-likeness (QED) is 0.300. The molecule has 0 aromatic heterocycles. The number of ether oxygens (including phenoxy) is 4. The minimum absolute atomic E-state index is 0.0376. The van der Waals surface area contributed by atoms with Crippen molar-refractivity contribution in [3.8, 4) is 0 Å². The zero-order valence-corrected chi connectivity index (χ0v) is 18.9. The first-order chi connectivity index (χ1) is 14.4. The maximum atomic E-state index is 12.4.